The van der Waals surface area contributed by atoms with Gasteiger partial charge in [-0.05, 0) is 52.5 Å². The zero-order chi connectivity index (χ0) is 17.5. The maximum Gasteiger partial charge on any atom is 0.407 e. The first-order chi connectivity index (χ1) is 10.7. The van der Waals surface area contributed by atoms with Crippen LogP contribution in [0, 0.1) is 5.92 Å². The van der Waals surface area contributed by atoms with Crippen LogP contribution in [0.25, 0.3) is 0 Å². The second-order valence-corrected chi connectivity index (χ2v) is 7.32. The Kier molecular flexibility index (Phi) is 7.82. The molecule has 1 aliphatic heterocycles. The Morgan fingerprint density at radius 2 is 1.96 bits per heavy atom. The molecule has 2 unspecified atom stereocenters. The van der Waals surface area contributed by atoms with E-state index in [1.807, 2.05) is 20.8 Å². The lowest BCUT2D eigenvalue weighted by atomic mass is 9.90. The number of piperidine rings is 1. The van der Waals surface area contributed by atoms with Gasteiger partial charge in [-0.25, -0.2) is 4.79 Å². The van der Waals surface area contributed by atoms with Crippen molar-refractivity contribution in [3.8, 4) is 0 Å². The fraction of sp³-hybridized carbons (Fsp3) is 0.882. The van der Waals surface area contributed by atoms with E-state index in [-0.39, 0.29) is 18.1 Å². The molecular formula is C17H32N2O4. The Morgan fingerprint density at radius 1 is 1.26 bits per heavy atom. The summed E-state index contributed by atoms with van der Waals surface area (Å²) in [7, 11) is 1.42. The molecule has 1 aliphatic rings. The highest BCUT2D eigenvalue weighted by Gasteiger charge is 2.29. The van der Waals surface area contributed by atoms with Gasteiger partial charge in [-0.1, -0.05) is 6.92 Å². The number of hydrogen-bond donors (Lipinski definition) is 1. The summed E-state index contributed by atoms with van der Waals surface area (Å²) in [5, 5.41) is 2.98. The zero-order valence-electron chi connectivity index (χ0n) is 15.2. The second-order valence-electron chi connectivity index (χ2n) is 7.32. The summed E-state index contributed by atoms with van der Waals surface area (Å²) in [6, 6.07) is 0.0628. The van der Waals surface area contributed by atoms with Crippen LogP contribution in [0.15, 0.2) is 0 Å². The lowest BCUT2D eigenvalue weighted by Gasteiger charge is -2.38. The third-order valence-corrected chi connectivity index (χ3v) is 3.86. The van der Waals surface area contributed by atoms with Crippen molar-refractivity contribution in [2.75, 3.05) is 26.7 Å². The van der Waals surface area contributed by atoms with Crippen LogP contribution in [-0.2, 0) is 14.3 Å². The number of alkyl carbamates (subject to hydrolysis) is 1. The number of hydrogen-bond acceptors (Lipinski definition) is 5. The first-order valence-corrected chi connectivity index (χ1v) is 8.52. The molecule has 0 aromatic carbocycles. The molecule has 1 amide bonds. The summed E-state index contributed by atoms with van der Waals surface area (Å²) in [5.74, 6) is 0.212. The molecule has 0 spiro atoms. The molecular weight excluding hydrogens is 296 g/mol. The number of nitrogens with one attached hydrogen (secondary N) is 1. The third kappa shape index (κ3) is 8.21. The molecule has 0 bridgehead atoms. The van der Waals surface area contributed by atoms with Crippen LogP contribution in [0.3, 0.4) is 0 Å². The molecule has 23 heavy (non-hydrogen) atoms. The minimum absolute atomic E-state index is 0.0628. The van der Waals surface area contributed by atoms with Crippen molar-refractivity contribution in [3.05, 3.63) is 0 Å². The molecule has 0 aromatic rings. The minimum Gasteiger partial charge on any atom is -0.469 e. The molecule has 0 aromatic heterocycles. The highest BCUT2D eigenvalue weighted by atomic mass is 16.6. The van der Waals surface area contributed by atoms with Gasteiger partial charge >= 0.3 is 12.1 Å². The van der Waals surface area contributed by atoms with E-state index in [0.29, 0.717) is 12.3 Å². The first-order valence-electron chi connectivity index (χ1n) is 8.52. The normalized spacial score (nSPS) is 22.5. The van der Waals surface area contributed by atoms with Crippen molar-refractivity contribution in [1.82, 2.24) is 10.2 Å². The minimum atomic E-state index is -0.494. The Morgan fingerprint density at radius 3 is 2.52 bits per heavy atom. The van der Waals surface area contributed by atoms with Crippen LogP contribution in [0.2, 0.25) is 0 Å². The van der Waals surface area contributed by atoms with Gasteiger partial charge in [0.25, 0.3) is 0 Å². The topological polar surface area (TPSA) is 67.9 Å². The second kappa shape index (κ2) is 9.11. The van der Waals surface area contributed by atoms with Gasteiger partial charge in [-0.3, -0.25) is 4.79 Å². The van der Waals surface area contributed by atoms with Crippen LogP contribution >= 0.6 is 0 Å². The van der Waals surface area contributed by atoms with E-state index in [4.69, 9.17) is 9.47 Å². The maximum absolute atomic E-state index is 12.0. The van der Waals surface area contributed by atoms with Gasteiger partial charge in [-0.2, -0.15) is 0 Å². The van der Waals surface area contributed by atoms with E-state index >= 15 is 0 Å². The average Bonchev–Trinajstić information content (AvgIpc) is 2.42. The monoisotopic (exact) mass is 328 g/mol. The van der Waals surface area contributed by atoms with Gasteiger partial charge in [0.15, 0.2) is 0 Å². The van der Waals surface area contributed by atoms with Crippen molar-refractivity contribution in [1.29, 1.82) is 0 Å². The fourth-order valence-electron chi connectivity index (χ4n) is 3.01. The van der Waals surface area contributed by atoms with E-state index in [9.17, 15) is 9.59 Å². The third-order valence-electron chi connectivity index (χ3n) is 3.86. The molecule has 0 aliphatic carbocycles. The van der Waals surface area contributed by atoms with Gasteiger partial charge in [0.2, 0.25) is 0 Å². The van der Waals surface area contributed by atoms with Gasteiger partial charge in [0.1, 0.15) is 5.60 Å². The smallest absolute Gasteiger partial charge is 0.407 e. The number of nitrogens with zero attached hydrogens (tertiary/aromatic N) is 1. The van der Waals surface area contributed by atoms with Gasteiger partial charge in [-0.15, -0.1) is 0 Å². The van der Waals surface area contributed by atoms with Crippen LogP contribution in [-0.4, -0.2) is 55.3 Å². The quantitative estimate of drug-likeness (QED) is 0.759. The SMILES string of the molecule is CCCN1CC(CCC(=O)OC)CC(NC(=O)OC(C)(C)C)C1. The summed E-state index contributed by atoms with van der Waals surface area (Å²) < 4.78 is 10.1. The summed E-state index contributed by atoms with van der Waals surface area (Å²) in [6.07, 6.45) is 2.80. The standard InChI is InChI=1S/C17H32N2O4/c1-6-9-19-11-13(7-8-15(20)22-5)10-14(12-19)18-16(21)23-17(2,3)4/h13-14H,6-12H2,1-5H3,(H,18,21). The van der Waals surface area contributed by atoms with E-state index in [2.05, 4.69) is 17.1 Å². The molecule has 1 saturated heterocycles. The number of carbonyl (C=O) groups excluding carboxylic acids is 2. The Balaban J connectivity index is 2.56. The highest BCUT2D eigenvalue weighted by molar-refractivity contribution is 5.69. The van der Waals surface area contributed by atoms with Gasteiger partial charge in [0.05, 0.1) is 7.11 Å². The van der Waals surface area contributed by atoms with E-state index in [1.165, 1.54) is 7.11 Å². The molecule has 0 saturated carbocycles. The molecule has 6 nitrogen and oxygen atoms in total. The fourth-order valence-corrected chi connectivity index (χ4v) is 3.01. The van der Waals surface area contributed by atoms with Crippen molar-refractivity contribution in [2.45, 2.75) is 65.0 Å². The summed E-state index contributed by atoms with van der Waals surface area (Å²) in [6.45, 7) is 10.5. The molecule has 6 heteroatoms. The van der Waals surface area contributed by atoms with Crippen LogP contribution in [0.1, 0.15) is 53.4 Å². The Bertz CT molecular complexity index is 393. The lowest BCUT2D eigenvalue weighted by molar-refractivity contribution is -0.141. The average molecular weight is 328 g/mol. The zero-order valence-corrected chi connectivity index (χ0v) is 15.2. The van der Waals surface area contributed by atoms with Gasteiger partial charge in [0, 0.05) is 25.6 Å². The lowest BCUT2D eigenvalue weighted by Crippen LogP contribution is -2.51. The van der Waals surface area contributed by atoms with Crippen LogP contribution in [0.5, 0.6) is 0 Å². The number of methoxy groups -OCH3 is 1. The molecule has 1 heterocycles. The first kappa shape index (κ1) is 19.7. The number of carbonyl (C=O) groups is 2. The molecule has 134 valence electrons. The Hall–Kier alpha value is -1.30. The van der Waals surface area contributed by atoms with Crippen molar-refractivity contribution in [3.63, 3.8) is 0 Å². The van der Waals surface area contributed by atoms with Crippen molar-refractivity contribution in [2.24, 2.45) is 5.92 Å². The maximum atomic E-state index is 12.0. The number of ether oxygens (including phenoxy) is 2. The number of esters is 1. The number of rotatable bonds is 6. The van der Waals surface area contributed by atoms with E-state index in [1.54, 1.807) is 0 Å². The summed E-state index contributed by atoms with van der Waals surface area (Å²) in [5.41, 5.74) is -0.494. The molecule has 1 fully saturated rings. The molecule has 2 atom stereocenters. The molecule has 1 N–H and O–H groups in total. The Labute approximate surface area is 139 Å². The largest absolute Gasteiger partial charge is 0.469 e. The van der Waals surface area contributed by atoms with E-state index < -0.39 is 5.60 Å². The highest BCUT2D eigenvalue weighted by Crippen LogP contribution is 2.22. The molecule has 0 radical (unpaired) electrons. The summed E-state index contributed by atoms with van der Waals surface area (Å²) >= 11 is 0. The summed E-state index contributed by atoms with van der Waals surface area (Å²) in [4.78, 5) is 25.7. The number of amides is 1. The van der Waals surface area contributed by atoms with Gasteiger partial charge < -0.3 is 19.7 Å². The number of likely N-dealkylation sites (tertiary alicyclic amines) is 1. The van der Waals surface area contributed by atoms with Crippen LogP contribution in [0.4, 0.5) is 4.79 Å². The predicted molar refractivity (Wildman–Crippen MR) is 89.2 cm³/mol. The van der Waals surface area contributed by atoms with Crippen LogP contribution < -0.4 is 5.32 Å². The van der Waals surface area contributed by atoms with Crippen molar-refractivity contribution < 1.29 is 19.1 Å². The predicted octanol–water partition coefficient (Wildman–Crippen LogP) is 2.56. The van der Waals surface area contributed by atoms with E-state index in [0.717, 1.165) is 38.9 Å². The van der Waals surface area contributed by atoms with Crippen molar-refractivity contribution >= 4 is 12.1 Å². The molecule has 1 rings (SSSR count).